The molecule has 0 aromatic heterocycles. The summed E-state index contributed by atoms with van der Waals surface area (Å²) in [6.45, 7) is 0. The van der Waals surface area contributed by atoms with Crippen LogP contribution in [-0.4, -0.2) is 13.1 Å². The van der Waals surface area contributed by atoms with Crippen molar-refractivity contribution in [2.45, 2.75) is 0 Å². The van der Waals surface area contributed by atoms with Gasteiger partial charge >= 0.3 is 5.97 Å². The number of rotatable bonds is 4. The van der Waals surface area contributed by atoms with Crippen LogP contribution in [0.3, 0.4) is 0 Å². The Kier molecular flexibility index (Phi) is 5.72. The summed E-state index contributed by atoms with van der Waals surface area (Å²) >= 11 is 17.6. The summed E-state index contributed by atoms with van der Waals surface area (Å²) in [5, 5.41) is 1.38. The van der Waals surface area contributed by atoms with Gasteiger partial charge in [-0.2, -0.15) is 0 Å². The van der Waals surface area contributed by atoms with Crippen molar-refractivity contribution in [3.63, 3.8) is 0 Å². The fourth-order valence-corrected chi connectivity index (χ4v) is 2.05. The Morgan fingerprint density at radius 2 is 1.68 bits per heavy atom. The lowest BCUT2D eigenvalue weighted by Gasteiger charge is -2.09. The molecule has 0 radical (unpaired) electrons. The Morgan fingerprint density at radius 1 is 1.00 bits per heavy atom. The van der Waals surface area contributed by atoms with Crippen LogP contribution in [0.15, 0.2) is 48.2 Å². The van der Waals surface area contributed by atoms with Gasteiger partial charge in [0.1, 0.15) is 5.75 Å². The van der Waals surface area contributed by atoms with Gasteiger partial charge in [-0.1, -0.05) is 40.9 Å². The SMILES string of the molecule is COC(=O)/C(=C/c1ccc(Cl)c(Cl)c1)Oc1ccc(Cl)cc1. The molecule has 0 unspecified atom stereocenters. The van der Waals surface area contributed by atoms with Crippen LogP contribution in [0.1, 0.15) is 5.56 Å². The molecule has 0 bridgehead atoms. The number of hydrogen-bond acceptors (Lipinski definition) is 3. The van der Waals surface area contributed by atoms with E-state index in [4.69, 9.17) is 44.3 Å². The van der Waals surface area contributed by atoms with Gasteiger partial charge in [0, 0.05) is 5.02 Å². The zero-order valence-corrected chi connectivity index (χ0v) is 13.7. The minimum Gasteiger partial charge on any atom is -0.463 e. The first-order valence-electron chi connectivity index (χ1n) is 6.18. The number of benzene rings is 2. The molecular weight excluding hydrogens is 347 g/mol. The fourth-order valence-electron chi connectivity index (χ4n) is 1.61. The average Bonchev–Trinajstić information content (AvgIpc) is 2.51. The molecule has 2 rings (SSSR count). The van der Waals surface area contributed by atoms with Crippen LogP contribution < -0.4 is 4.74 Å². The van der Waals surface area contributed by atoms with Crippen LogP contribution in [0.4, 0.5) is 0 Å². The highest BCUT2D eigenvalue weighted by molar-refractivity contribution is 6.42. The van der Waals surface area contributed by atoms with Crippen molar-refractivity contribution < 1.29 is 14.3 Å². The van der Waals surface area contributed by atoms with E-state index in [1.807, 2.05) is 0 Å². The van der Waals surface area contributed by atoms with Gasteiger partial charge in [-0.25, -0.2) is 4.79 Å². The zero-order valence-electron chi connectivity index (χ0n) is 11.5. The van der Waals surface area contributed by atoms with Crippen molar-refractivity contribution in [1.29, 1.82) is 0 Å². The molecule has 0 N–H and O–H groups in total. The minimum absolute atomic E-state index is 0.0169. The normalized spacial score (nSPS) is 11.2. The highest BCUT2D eigenvalue weighted by atomic mass is 35.5. The van der Waals surface area contributed by atoms with E-state index in [1.54, 1.807) is 42.5 Å². The highest BCUT2D eigenvalue weighted by Crippen LogP contribution is 2.25. The number of esters is 1. The van der Waals surface area contributed by atoms with Crippen molar-refractivity contribution in [3.8, 4) is 5.75 Å². The van der Waals surface area contributed by atoms with E-state index in [0.29, 0.717) is 26.4 Å². The summed E-state index contributed by atoms with van der Waals surface area (Å²) < 4.78 is 10.3. The van der Waals surface area contributed by atoms with Crippen LogP contribution in [-0.2, 0) is 9.53 Å². The second-order valence-electron chi connectivity index (χ2n) is 4.23. The summed E-state index contributed by atoms with van der Waals surface area (Å²) in [7, 11) is 1.27. The molecule has 0 aliphatic carbocycles. The van der Waals surface area contributed by atoms with Crippen LogP contribution in [0.25, 0.3) is 6.08 Å². The molecule has 2 aromatic carbocycles. The smallest absolute Gasteiger partial charge is 0.373 e. The second-order valence-corrected chi connectivity index (χ2v) is 5.48. The van der Waals surface area contributed by atoms with E-state index in [0.717, 1.165) is 0 Å². The Labute approximate surface area is 143 Å². The topological polar surface area (TPSA) is 35.5 Å². The third kappa shape index (κ3) is 4.41. The third-order valence-corrected chi connectivity index (χ3v) is 3.66. The van der Waals surface area contributed by atoms with Crippen LogP contribution in [0, 0.1) is 0 Å². The second kappa shape index (κ2) is 7.54. The predicted molar refractivity (Wildman–Crippen MR) is 88.5 cm³/mol. The zero-order chi connectivity index (χ0) is 16.1. The highest BCUT2D eigenvalue weighted by Gasteiger charge is 2.13. The molecule has 6 heteroatoms. The first-order valence-corrected chi connectivity index (χ1v) is 7.31. The van der Waals surface area contributed by atoms with Crippen molar-refractivity contribution >= 4 is 46.8 Å². The summed E-state index contributed by atoms with van der Waals surface area (Å²) in [6.07, 6.45) is 1.52. The molecule has 0 aliphatic heterocycles. The van der Waals surface area contributed by atoms with Crippen molar-refractivity contribution in [2.24, 2.45) is 0 Å². The van der Waals surface area contributed by atoms with E-state index >= 15 is 0 Å². The average molecular weight is 358 g/mol. The van der Waals surface area contributed by atoms with Crippen molar-refractivity contribution in [2.75, 3.05) is 7.11 Å². The monoisotopic (exact) mass is 356 g/mol. The Morgan fingerprint density at radius 3 is 2.27 bits per heavy atom. The van der Waals surface area contributed by atoms with Gasteiger partial charge in [0.25, 0.3) is 0 Å². The minimum atomic E-state index is -0.610. The largest absolute Gasteiger partial charge is 0.463 e. The van der Waals surface area contributed by atoms with Crippen LogP contribution in [0.2, 0.25) is 15.1 Å². The van der Waals surface area contributed by atoms with Gasteiger partial charge < -0.3 is 9.47 Å². The Bertz CT molecular complexity index is 709. The number of carbonyl (C=O) groups is 1. The van der Waals surface area contributed by atoms with Crippen LogP contribution in [0.5, 0.6) is 5.75 Å². The summed E-state index contributed by atoms with van der Waals surface area (Å²) in [5.41, 5.74) is 0.656. The molecule has 0 amide bonds. The molecule has 3 nitrogen and oxygen atoms in total. The van der Waals surface area contributed by atoms with E-state index < -0.39 is 5.97 Å². The maximum atomic E-state index is 11.8. The number of carbonyl (C=O) groups excluding carboxylic acids is 1. The van der Waals surface area contributed by atoms with Crippen LogP contribution >= 0.6 is 34.8 Å². The van der Waals surface area contributed by atoms with Gasteiger partial charge in [-0.3, -0.25) is 0 Å². The van der Waals surface area contributed by atoms with E-state index in [9.17, 15) is 4.79 Å². The number of methoxy groups -OCH3 is 1. The number of halogens is 3. The molecule has 0 saturated carbocycles. The third-order valence-electron chi connectivity index (χ3n) is 2.67. The lowest BCUT2D eigenvalue weighted by molar-refractivity contribution is -0.138. The quantitative estimate of drug-likeness (QED) is 0.426. The first kappa shape index (κ1) is 16.7. The molecule has 0 aliphatic rings. The van der Waals surface area contributed by atoms with Gasteiger partial charge in [-0.15, -0.1) is 0 Å². The van der Waals surface area contributed by atoms with Crippen molar-refractivity contribution in [3.05, 3.63) is 68.9 Å². The molecule has 2 aromatic rings. The lowest BCUT2D eigenvalue weighted by Crippen LogP contribution is -2.10. The van der Waals surface area contributed by atoms with Crippen molar-refractivity contribution in [1.82, 2.24) is 0 Å². The maximum Gasteiger partial charge on any atom is 0.373 e. The molecule has 0 fully saturated rings. The Balaban J connectivity index is 2.32. The summed E-state index contributed by atoms with van der Waals surface area (Å²) in [4.78, 5) is 11.8. The maximum absolute atomic E-state index is 11.8. The molecule has 22 heavy (non-hydrogen) atoms. The summed E-state index contributed by atoms with van der Waals surface area (Å²) in [5.74, 6) is -0.134. The fraction of sp³-hybridized carbons (Fsp3) is 0.0625. The number of hydrogen-bond donors (Lipinski definition) is 0. The van der Waals surface area contributed by atoms with E-state index in [-0.39, 0.29) is 5.76 Å². The summed E-state index contributed by atoms with van der Waals surface area (Å²) in [6, 6.07) is 11.6. The first-order chi connectivity index (χ1) is 10.5. The standard InChI is InChI=1S/C16H11Cl3O3/c1-21-16(20)15(22-12-5-3-11(17)4-6-12)9-10-2-7-13(18)14(19)8-10/h2-9H,1H3/b15-9-. The van der Waals surface area contributed by atoms with E-state index in [2.05, 4.69) is 0 Å². The molecule has 0 saturated heterocycles. The molecule has 0 spiro atoms. The van der Waals surface area contributed by atoms with Gasteiger partial charge in [0.15, 0.2) is 0 Å². The van der Waals surface area contributed by atoms with Gasteiger partial charge in [0.05, 0.1) is 17.2 Å². The molecule has 0 atom stereocenters. The number of ether oxygens (including phenoxy) is 2. The molecular formula is C16H11Cl3O3. The van der Waals surface area contributed by atoms with Gasteiger partial charge in [-0.05, 0) is 48.0 Å². The predicted octanol–water partition coefficient (Wildman–Crippen LogP) is 5.24. The lowest BCUT2D eigenvalue weighted by atomic mass is 10.2. The molecule has 0 heterocycles. The molecule has 114 valence electrons. The van der Waals surface area contributed by atoms with E-state index in [1.165, 1.54) is 13.2 Å². The van der Waals surface area contributed by atoms with Gasteiger partial charge in [0.2, 0.25) is 5.76 Å². The Hall–Kier alpha value is -1.68.